The minimum Gasteiger partial charge on any atom is -0.539 e. The molecule has 1 aliphatic heterocycles. The Morgan fingerprint density at radius 3 is 2.51 bits per heavy atom. The third-order valence-electron chi connectivity index (χ3n) is 6.48. The number of fused-ring (bicyclic) bond motifs is 1. The van der Waals surface area contributed by atoms with Crippen LogP contribution in [0.4, 0.5) is 5.69 Å². The SMILES string of the molecule is COc1ccc(-[n+]2noc([O-])c2C(=O)CSC2=N/C(=C/c3cccc4ccccc34)C(=O)N2c2ccccc2)cc1. The molecule has 0 saturated carbocycles. The molecule has 1 amide bonds. The van der Waals surface area contributed by atoms with Gasteiger partial charge in [0.2, 0.25) is 11.5 Å². The van der Waals surface area contributed by atoms with E-state index in [1.807, 2.05) is 60.7 Å². The molecule has 0 bridgehead atoms. The summed E-state index contributed by atoms with van der Waals surface area (Å²) in [4.78, 5) is 33.0. The Kier molecular flexibility index (Phi) is 7.05. The van der Waals surface area contributed by atoms with E-state index in [2.05, 4.69) is 10.3 Å². The number of para-hydroxylation sites is 1. The molecule has 0 N–H and O–H groups in total. The number of carbonyl (C=O) groups excluding carboxylic acids is 2. The van der Waals surface area contributed by atoms with Gasteiger partial charge in [0.1, 0.15) is 11.4 Å². The molecule has 202 valence electrons. The van der Waals surface area contributed by atoms with Gasteiger partial charge in [-0.1, -0.05) is 72.4 Å². The van der Waals surface area contributed by atoms with Gasteiger partial charge >= 0.3 is 5.69 Å². The number of benzene rings is 4. The molecule has 0 radical (unpaired) electrons. The molecule has 0 saturated heterocycles. The summed E-state index contributed by atoms with van der Waals surface area (Å²) in [5.41, 5.74) is 1.93. The van der Waals surface area contributed by atoms with Crippen LogP contribution in [0.1, 0.15) is 16.1 Å². The predicted octanol–water partition coefficient (Wildman–Crippen LogP) is 4.55. The summed E-state index contributed by atoms with van der Waals surface area (Å²) >= 11 is 1.06. The van der Waals surface area contributed by atoms with Crippen molar-refractivity contribution in [2.24, 2.45) is 4.99 Å². The van der Waals surface area contributed by atoms with Crippen molar-refractivity contribution in [3.05, 3.63) is 114 Å². The molecule has 10 heteroatoms. The molecule has 0 unspecified atom stereocenters. The summed E-state index contributed by atoms with van der Waals surface area (Å²) in [6, 6.07) is 29.5. The van der Waals surface area contributed by atoms with Crippen molar-refractivity contribution in [1.82, 2.24) is 5.27 Å². The number of Topliss-reactive ketones (excluding diaryl/α,β-unsaturated/α-hetero) is 1. The first-order chi connectivity index (χ1) is 20.0. The normalized spacial score (nSPS) is 14.1. The second-order valence-electron chi connectivity index (χ2n) is 9.00. The zero-order chi connectivity index (χ0) is 28.3. The van der Waals surface area contributed by atoms with Crippen LogP contribution < -0.4 is 19.4 Å². The van der Waals surface area contributed by atoms with Crippen LogP contribution in [0.2, 0.25) is 0 Å². The summed E-state index contributed by atoms with van der Waals surface area (Å²) in [7, 11) is 1.54. The highest BCUT2D eigenvalue weighted by Gasteiger charge is 2.34. The number of nitrogens with zero attached hydrogens (tertiary/aromatic N) is 4. The van der Waals surface area contributed by atoms with Crippen molar-refractivity contribution in [3.63, 3.8) is 0 Å². The number of hydrogen-bond acceptors (Lipinski definition) is 8. The van der Waals surface area contributed by atoms with Crippen molar-refractivity contribution >= 4 is 51.2 Å². The van der Waals surface area contributed by atoms with Gasteiger partial charge in [0.05, 0.1) is 23.8 Å². The molecule has 1 aliphatic rings. The van der Waals surface area contributed by atoms with Gasteiger partial charge in [-0.05, 0) is 51.4 Å². The average Bonchev–Trinajstić information content (AvgIpc) is 3.55. The van der Waals surface area contributed by atoms with E-state index >= 15 is 0 Å². The lowest BCUT2D eigenvalue weighted by molar-refractivity contribution is -0.672. The largest absolute Gasteiger partial charge is 0.539 e. The van der Waals surface area contributed by atoms with E-state index in [-0.39, 0.29) is 23.1 Å². The first kappa shape index (κ1) is 26.0. The lowest BCUT2D eigenvalue weighted by Gasteiger charge is -2.17. The highest BCUT2D eigenvalue weighted by Crippen LogP contribution is 2.31. The monoisotopic (exact) mass is 562 g/mol. The van der Waals surface area contributed by atoms with Crippen LogP contribution in [0, 0.1) is 0 Å². The maximum Gasteiger partial charge on any atom is 0.307 e. The van der Waals surface area contributed by atoms with Gasteiger partial charge in [-0.15, -0.1) is 0 Å². The standard InChI is InChI=1S/C31H22N4O5S/c1-39-24-16-14-23(15-17-24)35-28(30(38)40-33-35)27(36)19-41-31-32-26(29(37)34(31)22-11-3-2-4-12-22)18-21-10-7-9-20-8-5-6-13-25(20)21/h2-18H,19H2,1H3/b26-18+. The first-order valence-electron chi connectivity index (χ1n) is 12.6. The number of aliphatic imine (C=N–C) groups is 1. The molecular weight excluding hydrogens is 540 g/mol. The number of methoxy groups -OCH3 is 1. The third kappa shape index (κ3) is 5.08. The lowest BCUT2D eigenvalue weighted by Crippen LogP contribution is -2.39. The van der Waals surface area contributed by atoms with Gasteiger partial charge < -0.3 is 14.4 Å². The van der Waals surface area contributed by atoms with Crippen LogP contribution in [-0.4, -0.2) is 35.0 Å². The van der Waals surface area contributed by atoms with Gasteiger partial charge in [-0.25, -0.2) is 4.99 Å². The van der Waals surface area contributed by atoms with Gasteiger partial charge in [-0.2, -0.15) is 0 Å². The number of hydrogen-bond donors (Lipinski definition) is 0. The minimum absolute atomic E-state index is 0.177. The maximum atomic E-state index is 13.6. The molecule has 41 heavy (non-hydrogen) atoms. The molecule has 5 aromatic rings. The molecular formula is C31H22N4O5S. The van der Waals surface area contributed by atoms with Crippen molar-refractivity contribution in [2.75, 3.05) is 17.8 Å². The number of anilines is 1. The molecule has 2 heterocycles. The molecule has 0 spiro atoms. The van der Waals surface area contributed by atoms with Crippen LogP contribution in [-0.2, 0) is 4.79 Å². The third-order valence-corrected chi connectivity index (χ3v) is 7.42. The molecule has 6 rings (SSSR count). The van der Waals surface area contributed by atoms with Gasteiger partial charge in [0.15, 0.2) is 11.1 Å². The number of thioether (sulfide) groups is 1. The van der Waals surface area contributed by atoms with Gasteiger partial charge in [-0.3, -0.25) is 14.5 Å². The second kappa shape index (κ2) is 11.1. The zero-order valence-electron chi connectivity index (χ0n) is 21.8. The fourth-order valence-electron chi connectivity index (χ4n) is 4.50. The van der Waals surface area contributed by atoms with Gasteiger partial charge in [0, 0.05) is 12.1 Å². The summed E-state index contributed by atoms with van der Waals surface area (Å²) < 4.78 is 11.1. The first-order valence-corrected chi connectivity index (χ1v) is 13.6. The van der Waals surface area contributed by atoms with Crippen LogP contribution >= 0.6 is 11.8 Å². The number of carbonyl (C=O) groups is 2. The number of amidine groups is 1. The Balaban J connectivity index is 1.32. The molecule has 9 nitrogen and oxygen atoms in total. The minimum atomic E-state index is -0.854. The summed E-state index contributed by atoms with van der Waals surface area (Å²) in [6.07, 6.45) is 1.75. The Morgan fingerprint density at radius 1 is 1.00 bits per heavy atom. The van der Waals surface area contributed by atoms with E-state index in [4.69, 9.17) is 9.26 Å². The highest BCUT2D eigenvalue weighted by molar-refractivity contribution is 8.14. The van der Waals surface area contributed by atoms with Crippen molar-refractivity contribution < 1.29 is 28.6 Å². The number of aromatic nitrogens is 2. The molecule has 0 fully saturated rings. The molecule has 0 atom stereocenters. The molecule has 1 aromatic heterocycles. The Morgan fingerprint density at radius 2 is 1.73 bits per heavy atom. The topological polar surface area (TPSA) is 112 Å². The fourth-order valence-corrected chi connectivity index (χ4v) is 5.38. The van der Waals surface area contributed by atoms with Crippen LogP contribution in [0.3, 0.4) is 0 Å². The number of amides is 1. The summed E-state index contributed by atoms with van der Waals surface area (Å²) in [6.45, 7) is 0. The van der Waals surface area contributed by atoms with Crippen LogP contribution in [0.15, 0.2) is 112 Å². The van der Waals surface area contributed by atoms with E-state index < -0.39 is 11.7 Å². The Bertz CT molecular complexity index is 1830. The maximum absolute atomic E-state index is 13.6. The van der Waals surface area contributed by atoms with E-state index in [0.29, 0.717) is 22.3 Å². The van der Waals surface area contributed by atoms with Crippen molar-refractivity contribution in [1.29, 1.82) is 0 Å². The predicted molar refractivity (Wildman–Crippen MR) is 154 cm³/mol. The summed E-state index contributed by atoms with van der Waals surface area (Å²) in [5.74, 6) is -1.26. The zero-order valence-corrected chi connectivity index (χ0v) is 22.6. The average molecular weight is 563 g/mol. The highest BCUT2D eigenvalue weighted by atomic mass is 32.2. The van der Waals surface area contributed by atoms with E-state index in [0.717, 1.165) is 32.8 Å². The van der Waals surface area contributed by atoms with Gasteiger partial charge in [0.25, 0.3) is 5.91 Å². The van der Waals surface area contributed by atoms with E-state index in [1.165, 1.54) is 12.0 Å². The number of ether oxygens (including phenoxy) is 1. The molecule has 0 aliphatic carbocycles. The number of ketones is 1. The fraction of sp³-hybridized carbons (Fsp3) is 0.0645. The van der Waals surface area contributed by atoms with E-state index in [9.17, 15) is 14.7 Å². The van der Waals surface area contributed by atoms with Crippen LogP contribution in [0.25, 0.3) is 22.5 Å². The Hall–Kier alpha value is -5.22. The second-order valence-corrected chi connectivity index (χ2v) is 9.94. The number of rotatable bonds is 7. The van der Waals surface area contributed by atoms with Crippen molar-refractivity contribution in [2.45, 2.75) is 0 Å². The van der Waals surface area contributed by atoms with Crippen LogP contribution in [0.5, 0.6) is 11.7 Å². The smallest absolute Gasteiger partial charge is 0.307 e. The lowest BCUT2D eigenvalue weighted by atomic mass is 10.0. The summed E-state index contributed by atoms with van der Waals surface area (Å²) in [5, 5.41) is 18.6. The molecule has 4 aromatic carbocycles. The van der Waals surface area contributed by atoms with Crippen molar-refractivity contribution in [3.8, 4) is 17.4 Å². The Labute approximate surface area is 239 Å². The van der Waals surface area contributed by atoms with E-state index in [1.54, 1.807) is 42.5 Å². The quantitative estimate of drug-likeness (QED) is 0.163.